The fourth-order valence-electron chi connectivity index (χ4n) is 4.10. The van der Waals surface area contributed by atoms with Gasteiger partial charge >= 0.3 is 58.2 Å². The summed E-state index contributed by atoms with van der Waals surface area (Å²) < 4.78 is 0. The molecule has 2 amide bonds. The summed E-state index contributed by atoms with van der Waals surface area (Å²) >= 11 is 6.10. The van der Waals surface area contributed by atoms with E-state index in [1.54, 1.807) is 47.4 Å². The molecule has 0 fully saturated rings. The molecule has 190 valence electrons. The SMILES string of the molecule is CC(C)C.Cc1ccccc1C(=O)Nc1ccc(C(=O)N2CCCC([O-])c3cc(Cl)ccc32)c(C)c1.[Rb+]. The Balaban J connectivity index is 0.000000898. The summed E-state index contributed by atoms with van der Waals surface area (Å²) in [7, 11) is 0. The molecule has 0 bridgehead atoms. The first-order valence-electron chi connectivity index (χ1n) is 12.3. The second-order valence-electron chi connectivity index (χ2n) is 9.82. The van der Waals surface area contributed by atoms with Crippen LogP contribution in [-0.4, -0.2) is 18.4 Å². The van der Waals surface area contributed by atoms with Gasteiger partial charge in [-0.15, -0.1) is 0 Å². The fourth-order valence-corrected chi connectivity index (χ4v) is 4.28. The largest absolute Gasteiger partial charge is 1.00 e. The van der Waals surface area contributed by atoms with E-state index in [9.17, 15) is 14.7 Å². The molecule has 7 heteroatoms. The summed E-state index contributed by atoms with van der Waals surface area (Å²) in [4.78, 5) is 27.7. The molecule has 5 nitrogen and oxygen atoms in total. The summed E-state index contributed by atoms with van der Waals surface area (Å²) in [5, 5.41) is 16.0. The van der Waals surface area contributed by atoms with Crippen LogP contribution in [0.3, 0.4) is 0 Å². The van der Waals surface area contributed by atoms with Gasteiger partial charge in [0.05, 0.1) is 0 Å². The number of halogens is 1. The van der Waals surface area contributed by atoms with E-state index in [2.05, 4.69) is 26.1 Å². The molecule has 1 unspecified atom stereocenters. The third kappa shape index (κ3) is 8.57. The minimum absolute atomic E-state index is 0. The molecule has 1 aliphatic heterocycles. The van der Waals surface area contributed by atoms with Crippen molar-refractivity contribution in [3.05, 3.63) is 93.5 Å². The molecule has 4 rings (SSSR count). The van der Waals surface area contributed by atoms with E-state index in [1.807, 2.05) is 32.0 Å². The number of fused-ring (bicyclic) bond motifs is 1. The zero-order valence-electron chi connectivity index (χ0n) is 22.6. The van der Waals surface area contributed by atoms with Gasteiger partial charge < -0.3 is 15.3 Å². The second-order valence-corrected chi connectivity index (χ2v) is 10.3. The van der Waals surface area contributed by atoms with Gasteiger partial charge in [0.25, 0.3) is 11.8 Å². The average molecular weight is 592 g/mol. The quantitative estimate of drug-likeness (QED) is 0.505. The number of hydrogen-bond acceptors (Lipinski definition) is 3. The maximum atomic E-state index is 13.4. The predicted octanol–water partition coefficient (Wildman–Crippen LogP) is 3.72. The molecule has 1 N–H and O–H groups in total. The molecule has 0 saturated carbocycles. The summed E-state index contributed by atoms with van der Waals surface area (Å²) in [6, 6.07) is 17.7. The number of amides is 2. The van der Waals surface area contributed by atoms with Crippen molar-refractivity contribution < 1.29 is 72.9 Å². The topological polar surface area (TPSA) is 72.5 Å². The van der Waals surface area contributed by atoms with Crippen molar-refractivity contribution in [2.45, 2.75) is 53.6 Å². The van der Waals surface area contributed by atoms with Crippen LogP contribution in [-0.2, 0) is 0 Å². The van der Waals surface area contributed by atoms with Crippen molar-refractivity contribution >= 4 is 34.8 Å². The van der Waals surface area contributed by atoms with E-state index < -0.39 is 6.10 Å². The van der Waals surface area contributed by atoms with Crippen molar-refractivity contribution in [2.24, 2.45) is 5.92 Å². The Labute approximate surface area is 274 Å². The first-order chi connectivity index (χ1) is 17.1. The van der Waals surface area contributed by atoms with E-state index >= 15 is 0 Å². The average Bonchev–Trinajstić information content (AvgIpc) is 2.97. The molecule has 37 heavy (non-hydrogen) atoms. The van der Waals surface area contributed by atoms with Gasteiger partial charge in [-0.25, -0.2) is 0 Å². The fraction of sp³-hybridized carbons (Fsp3) is 0.333. The standard InChI is InChI=1S/C26H24ClN2O3.C4H10.Rb/c1-16-6-3-4-7-20(16)25(31)28-19-10-11-21(17(2)14-19)26(32)29-13-5-8-24(30)22-15-18(27)9-12-23(22)29;1-4(2)3;/h3-4,6-7,9-12,14-15,24H,5,8,13H2,1-2H3,(H,28,31);4H,1-3H3;/q-1;;+1. The Morgan fingerprint density at radius 3 is 2.30 bits per heavy atom. The molecule has 0 aliphatic carbocycles. The van der Waals surface area contributed by atoms with Crippen LogP contribution in [0.25, 0.3) is 0 Å². The van der Waals surface area contributed by atoms with Crippen LogP contribution in [0.5, 0.6) is 0 Å². The maximum absolute atomic E-state index is 13.4. The number of carbonyl (C=O) groups excluding carboxylic acids is 2. The number of rotatable bonds is 3. The van der Waals surface area contributed by atoms with Crippen LogP contribution >= 0.6 is 11.6 Å². The first kappa shape index (κ1) is 31.9. The monoisotopic (exact) mass is 590 g/mol. The van der Waals surface area contributed by atoms with Crippen LogP contribution in [0.4, 0.5) is 11.4 Å². The van der Waals surface area contributed by atoms with Gasteiger partial charge in [0.15, 0.2) is 0 Å². The molecule has 1 aliphatic rings. The number of anilines is 2. The molecule has 0 radical (unpaired) electrons. The van der Waals surface area contributed by atoms with E-state index in [0.717, 1.165) is 17.0 Å². The van der Waals surface area contributed by atoms with Crippen LogP contribution in [0.15, 0.2) is 60.7 Å². The number of nitrogens with zero attached hydrogens (tertiary/aromatic N) is 1. The molecule has 1 atom stereocenters. The second kappa shape index (κ2) is 14.7. The number of carbonyl (C=O) groups is 2. The number of benzene rings is 3. The van der Waals surface area contributed by atoms with Gasteiger partial charge in [-0.2, -0.15) is 0 Å². The zero-order chi connectivity index (χ0) is 26.4. The Hall–Kier alpha value is -1.34. The van der Waals surface area contributed by atoms with Crippen LogP contribution < -0.4 is 73.5 Å². The molecule has 3 aromatic carbocycles. The Bertz CT molecular complexity index is 1240. The van der Waals surface area contributed by atoms with Gasteiger partial charge in [0, 0.05) is 34.1 Å². The Morgan fingerprint density at radius 1 is 0.973 bits per heavy atom. The number of aryl methyl sites for hydroxylation is 2. The van der Waals surface area contributed by atoms with Crippen LogP contribution in [0.2, 0.25) is 5.02 Å². The normalized spacial score (nSPS) is 14.5. The van der Waals surface area contributed by atoms with Crippen LogP contribution in [0.1, 0.15) is 77.1 Å². The molecule has 1 heterocycles. The van der Waals surface area contributed by atoms with Gasteiger partial charge in [0.1, 0.15) is 0 Å². The third-order valence-electron chi connectivity index (χ3n) is 5.82. The number of hydrogen-bond donors (Lipinski definition) is 1. The van der Waals surface area contributed by atoms with Gasteiger partial charge in [-0.05, 0) is 85.3 Å². The van der Waals surface area contributed by atoms with Crippen LogP contribution in [0, 0.1) is 19.8 Å². The summed E-state index contributed by atoms with van der Waals surface area (Å²) in [6.07, 6.45) is 0.178. The van der Waals surface area contributed by atoms with Gasteiger partial charge in [-0.1, -0.05) is 63.1 Å². The van der Waals surface area contributed by atoms with Crippen molar-refractivity contribution in [2.75, 3.05) is 16.8 Å². The maximum Gasteiger partial charge on any atom is 1.00 e. The van der Waals surface area contributed by atoms with E-state index in [0.29, 0.717) is 52.5 Å². The Kier molecular flexibility index (Phi) is 12.7. The van der Waals surface area contributed by atoms with Crippen molar-refractivity contribution in [1.82, 2.24) is 0 Å². The summed E-state index contributed by atoms with van der Waals surface area (Å²) in [5.74, 6) is 0.471. The smallest absolute Gasteiger partial charge is 0.848 e. The van der Waals surface area contributed by atoms with Gasteiger partial charge in [0.2, 0.25) is 0 Å². The van der Waals surface area contributed by atoms with Crippen molar-refractivity contribution in [3.8, 4) is 0 Å². The molecular formula is C30H34ClN2O3Rb. The summed E-state index contributed by atoms with van der Waals surface area (Å²) in [5.41, 5.74) is 4.58. The third-order valence-corrected chi connectivity index (χ3v) is 6.06. The van der Waals surface area contributed by atoms with Crippen molar-refractivity contribution in [3.63, 3.8) is 0 Å². The number of nitrogens with one attached hydrogen (secondary N) is 1. The minimum atomic E-state index is -0.901. The predicted molar refractivity (Wildman–Crippen MR) is 146 cm³/mol. The van der Waals surface area contributed by atoms with E-state index in [-0.39, 0.29) is 70.0 Å². The molecule has 0 saturated heterocycles. The first-order valence-corrected chi connectivity index (χ1v) is 12.7. The van der Waals surface area contributed by atoms with Crippen molar-refractivity contribution in [1.29, 1.82) is 0 Å². The Morgan fingerprint density at radius 2 is 1.65 bits per heavy atom. The minimum Gasteiger partial charge on any atom is -0.848 e. The molecule has 0 aromatic heterocycles. The molecule has 0 spiro atoms. The summed E-state index contributed by atoms with van der Waals surface area (Å²) in [6.45, 7) is 10.7. The molecule has 3 aromatic rings. The van der Waals surface area contributed by atoms with E-state index in [4.69, 9.17) is 11.6 Å². The van der Waals surface area contributed by atoms with Gasteiger partial charge in [-0.3, -0.25) is 9.59 Å². The zero-order valence-corrected chi connectivity index (χ0v) is 28.3. The van der Waals surface area contributed by atoms with E-state index in [1.165, 1.54) is 0 Å². The molecular weight excluding hydrogens is 557 g/mol.